The molecule has 2 aromatic rings. The van der Waals surface area contributed by atoms with Gasteiger partial charge in [0.15, 0.2) is 5.11 Å². The van der Waals surface area contributed by atoms with Crippen molar-refractivity contribution in [3.63, 3.8) is 0 Å². The molecule has 0 aliphatic carbocycles. The van der Waals surface area contributed by atoms with E-state index in [0.29, 0.717) is 21.7 Å². The maximum Gasteiger partial charge on any atom is 0.173 e. The van der Waals surface area contributed by atoms with Gasteiger partial charge in [0.25, 0.3) is 0 Å². The van der Waals surface area contributed by atoms with Crippen molar-refractivity contribution < 1.29 is 4.39 Å². The van der Waals surface area contributed by atoms with E-state index in [4.69, 9.17) is 35.4 Å². The summed E-state index contributed by atoms with van der Waals surface area (Å²) >= 11 is 17.5. The number of hydrogen-bond donors (Lipinski definition) is 1. The second-order valence-electron chi connectivity index (χ2n) is 5.94. The van der Waals surface area contributed by atoms with E-state index in [2.05, 4.69) is 15.1 Å². The normalized spacial score (nSPS) is 15.2. The van der Waals surface area contributed by atoms with Crippen LogP contribution in [0.4, 0.5) is 10.1 Å². The molecule has 0 radical (unpaired) electrons. The third-order valence-electron chi connectivity index (χ3n) is 4.16. The van der Waals surface area contributed by atoms with Crippen LogP contribution in [0.1, 0.15) is 5.56 Å². The predicted octanol–water partition coefficient (Wildman–Crippen LogP) is 4.65. The molecular weight excluding hydrogens is 380 g/mol. The Balaban J connectivity index is 1.51. The molecule has 1 aliphatic heterocycles. The Labute approximate surface area is 162 Å². The summed E-state index contributed by atoms with van der Waals surface area (Å²) in [7, 11) is 0. The van der Waals surface area contributed by atoms with Gasteiger partial charge in [0.05, 0.1) is 0 Å². The second kappa shape index (κ2) is 8.32. The first kappa shape index (κ1) is 18.4. The highest BCUT2D eigenvalue weighted by atomic mass is 35.5. The lowest BCUT2D eigenvalue weighted by atomic mass is 10.2. The molecule has 0 amide bonds. The van der Waals surface area contributed by atoms with E-state index in [0.717, 1.165) is 37.4 Å². The van der Waals surface area contributed by atoms with Crippen molar-refractivity contribution >= 4 is 46.2 Å². The molecule has 2 aromatic carbocycles. The van der Waals surface area contributed by atoms with Crippen LogP contribution in [-0.4, -0.2) is 41.1 Å². The fraction of sp³-hybridized carbons (Fsp3) is 0.278. The lowest BCUT2D eigenvalue weighted by molar-refractivity contribution is 0.177. The van der Waals surface area contributed by atoms with Gasteiger partial charge in [-0.05, 0) is 54.2 Å². The maximum atomic E-state index is 13.1. The number of nitrogens with zero attached hydrogens (tertiary/aromatic N) is 2. The zero-order valence-electron chi connectivity index (χ0n) is 13.5. The van der Waals surface area contributed by atoms with E-state index in [1.807, 2.05) is 24.3 Å². The Morgan fingerprint density at radius 2 is 1.72 bits per heavy atom. The van der Waals surface area contributed by atoms with E-state index in [1.165, 1.54) is 12.1 Å². The van der Waals surface area contributed by atoms with Crippen molar-refractivity contribution in [3.05, 3.63) is 63.9 Å². The third-order valence-corrected chi connectivity index (χ3v) is 5.13. The standard InChI is InChI=1S/C18H18Cl2FN3S/c19-14-2-5-16(6-3-14)22-18(25)24-9-7-23(8-10-24)12-13-1-4-15(21)11-17(13)20/h1-6,11H,7-10,12H2,(H,22,25). The molecule has 1 N–H and O–H groups in total. The lowest BCUT2D eigenvalue weighted by Gasteiger charge is -2.36. The van der Waals surface area contributed by atoms with Crippen molar-refractivity contribution in [2.24, 2.45) is 0 Å². The molecule has 1 saturated heterocycles. The molecule has 3 nitrogen and oxygen atoms in total. The number of benzene rings is 2. The van der Waals surface area contributed by atoms with Gasteiger partial charge in [-0.1, -0.05) is 29.3 Å². The van der Waals surface area contributed by atoms with E-state index >= 15 is 0 Å². The number of halogens is 3. The highest BCUT2D eigenvalue weighted by molar-refractivity contribution is 7.80. The average molecular weight is 398 g/mol. The average Bonchev–Trinajstić information content (AvgIpc) is 2.60. The van der Waals surface area contributed by atoms with Gasteiger partial charge in [-0.25, -0.2) is 4.39 Å². The van der Waals surface area contributed by atoms with Gasteiger partial charge in [-0.2, -0.15) is 0 Å². The molecule has 1 aliphatic rings. The molecular formula is C18H18Cl2FN3S. The highest BCUT2D eigenvalue weighted by Gasteiger charge is 2.19. The van der Waals surface area contributed by atoms with Gasteiger partial charge in [0.1, 0.15) is 5.82 Å². The Kier molecular flexibility index (Phi) is 6.12. The minimum Gasteiger partial charge on any atom is -0.346 e. The van der Waals surface area contributed by atoms with Crippen molar-refractivity contribution in [1.82, 2.24) is 9.80 Å². The van der Waals surface area contributed by atoms with Crippen LogP contribution in [-0.2, 0) is 6.54 Å². The van der Waals surface area contributed by atoms with E-state index in [9.17, 15) is 4.39 Å². The Morgan fingerprint density at radius 3 is 2.36 bits per heavy atom. The molecule has 0 aromatic heterocycles. The predicted molar refractivity (Wildman–Crippen MR) is 106 cm³/mol. The summed E-state index contributed by atoms with van der Waals surface area (Å²) in [4.78, 5) is 4.44. The zero-order chi connectivity index (χ0) is 17.8. The molecule has 25 heavy (non-hydrogen) atoms. The van der Waals surface area contributed by atoms with Gasteiger partial charge in [-0.3, -0.25) is 4.90 Å². The first-order valence-electron chi connectivity index (χ1n) is 7.99. The smallest absolute Gasteiger partial charge is 0.173 e. The number of thiocarbonyl (C=S) groups is 1. The summed E-state index contributed by atoms with van der Waals surface area (Å²) < 4.78 is 13.1. The summed E-state index contributed by atoms with van der Waals surface area (Å²) in [5.74, 6) is -0.308. The molecule has 0 saturated carbocycles. The van der Waals surface area contributed by atoms with Crippen LogP contribution in [0.15, 0.2) is 42.5 Å². The molecule has 132 valence electrons. The largest absolute Gasteiger partial charge is 0.346 e. The Bertz CT molecular complexity index is 746. The molecule has 0 atom stereocenters. The minimum absolute atomic E-state index is 0.308. The SMILES string of the molecule is Fc1ccc(CN2CCN(C(=S)Nc3ccc(Cl)cc3)CC2)c(Cl)c1. The second-order valence-corrected chi connectivity index (χ2v) is 7.17. The highest BCUT2D eigenvalue weighted by Crippen LogP contribution is 2.20. The first-order chi connectivity index (χ1) is 12.0. The molecule has 0 spiro atoms. The van der Waals surface area contributed by atoms with E-state index < -0.39 is 0 Å². The molecule has 0 bridgehead atoms. The van der Waals surface area contributed by atoms with Crippen molar-refractivity contribution in [1.29, 1.82) is 0 Å². The first-order valence-corrected chi connectivity index (χ1v) is 9.15. The maximum absolute atomic E-state index is 13.1. The number of piperazine rings is 1. The lowest BCUT2D eigenvalue weighted by Crippen LogP contribution is -2.49. The Hall–Kier alpha value is -1.40. The molecule has 0 unspecified atom stereocenters. The summed E-state index contributed by atoms with van der Waals surface area (Å²) in [6.45, 7) is 4.12. The van der Waals surface area contributed by atoms with Crippen molar-refractivity contribution in [2.45, 2.75) is 6.54 Å². The number of hydrogen-bond acceptors (Lipinski definition) is 2. The van der Waals surface area contributed by atoms with Crippen LogP contribution in [0, 0.1) is 5.82 Å². The molecule has 1 fully saturated rings. The van der Waals surface area contributed by atoms with Crippen LogP contribution >= 0.6 is 35.4 Å². The number of rotatable bonds is 3. The Morgan fingerprint density at radius 1 is 1.04 bits per heavy atom. The molecule has 1 heterocycles. The van der Waals surface area contributed by atoms with Gasteiger partial charge in [0, 0.05) is 48.5 Å². The molecule has 3 rings (SSSR count). The third kappa shape index (κ3) is 5.05. The van der Waals surface area contributed by atoms with Crippen LogP contribution in [0.3, 0.4) is 0 Å². The van der Waals surface area contributed by atoms with E-state index in [1.54, 1.807) is 6.07 Å². The fourth-order valence-corrected chi connectivity index (χ4v) is 3.39. The zero-order valence-corrected chi connectivity index (χ0v) is 15.8. The van der Waals surface area contributed by atoms with Crippen molar-refractivity contribution in [2.75, 3.05) is 31.5 Å². The van der Waals surface area contributed by atoms with Crippen LogP contribution < -0.4 is 5.32 Å². The van der Waals surface area contributed by atoms with Crippen LogP contribution in [0.5, 0.6) is 0 Å². The summed E-state index contributed by atoms with van der Waals surface area (Å²) in [5.41, 5.74) is 1.87. The molecule has 7 heteroatoms. The summed E-state index contributed by atoms with van der Waals surface area (Å²) in [5, 5.41) is 5.12. The van der Waals surface area contributed by atoms with E-state index in [-0.39, 0.29) is 5.82 Å². The monoisotopic (exact) mass is 397 g/mol. The van der Waals surface area contributed by atoms with Crippen molar-refractivity contribution in [3.8, 4) is 0 Å². The van der Waals surface area contributed by atoms with Crippen LogP contribution in [0.25, 0.3) is 0 Å². The minimum atomic E-state index is -0.308. The van der Waals surface area contributed by atoms with Gasteiger partial charge in [-0.15, -0.1) is 0 Å². The quantitative estimate of drug-likeness (QED) is 0.759. The van der Waals surface area contributed by atoms with Crippen LogP contribution in [0.2, 0.25) is 10.0 Å². The number of nitrogens with one attached hydrogen (secondary N) is 1. The summed E-state index contributed by atoms with van der Waals surface area (Å²) in [6, 6.07) is 12.0. The van der Waals surface area contributed by atoms with Gasteiger partial charge in [0.2, 0.25) is 0 Å². The fourth-order valence-electron chi connectivity index (χ4n) is 2.74. The summed E-state index contributed by atoms with van der Waals surface area (Å²) in [6.07, 6.45) is 0. The van der Waals surface area contributed by atoms with Gasteiger partial charge < -0.3 is 10.2 Å². The number of anilines is 1. The topological polar surface area (TPSA) is 18.5 Å². The van der Waals surface area contributed by atoms with Gasteiger partial charge >= 0.3 is 0 Å².